The number of ether oxygens (including phenoxy) is 1. The van der Waals surface area contributed by atoms with Gasteiger partial charge < -0.3 is 21.5 Å². The van der Waals surface area contributed by atoms with Gasteiger partial charge >= 0.3 is 6.09 Å². The van der Waals surface area contributed by atoms with E-state index < -0.39 is 23.5 Å². The minimum Gasteiger partial charge on any atom is -0.449 e. The van der Waals surface area contributed by atoms with Crippen LogP contribution < -0.4 is 16.8 Å². The average molecular weight is 472 g/mol. The Hall–Kier alpha value is -2.84. The van der Waals surface area contributed by atoms with Gasteiger partial charge in [-0.15, -0.1) is 0 Å². The number of amides is 2. The molecular formula is C25H33N3O4S. The van der Waals surface area contributed by atoms with Crippen molar-refractivity contribution in [3.8, 4) is 11.1 Å². The van der Waals surface area contributed by atoms with Gasteiger partial charge in [-0.1, -0.05) is 62.4 Å². The third-order valence-corrected chi connectivity index (χ3v) is 6.00. The fraction of sp³-hybridized carbons (Fsp3) is 0.400. The summed E-state index contributed by atoms with van der Waals surface area (Å²) in [4.78, 5) is 35.8. The van der Waals surface area contributed by atoms with Crippen molar-refractivity contribution in [1.29, 1.82) is 0 Å². The molecule has 2 aromatic rings. The summed E-state index contributed by atoms with van der Waals surface area (Å²) in [5, 5.41) is 2.71. The Morgan fingerprint density at radius 1 is 1.03 bits per heavy atom. The summed E-state index contributed by atoms with van der Waals surface area (Å²) in [6.07, 6.45) is 0.427. The largest absolute Gasteiger partial charge is 0.449 e. The number of nitrogens with one attached hydrogen (secondary N) is 1. The van der Waals surface area contributed by atoms with Gasteiger partial charge in [-0.3, -0.25) is 9.59 Å². The van der Waals surface area contributed by atoms with Gasteiger partial charge in [0, 0.05) is 18.9 Å². The van der Waals surface area contributed by atoms with Crippen LogP contribution in [0.5, 0.6) is 0 Å². The van der Waals surface area contributed by atoms with E-state index in [9.17, 15) is 14.4 Å². The molecule has 3 rings (SSSR count). The van der Waals surface area contributed by atoms with E-state index in [1.54, 1.807) is 13.8 Å². The standard InChI is InChI=1S/C25H31N3O4.H2S/c1-25(2,23(27)30)14-22(29)21(26)12-7-13-28-24(31)32-15-20-18-10-5-3-8-16(18)17-9-4-6-11-19(17)20;/h3-6,8-11,20-21H,7,12-15,26H2,1-2H3,(H2,27,30)(H,28,31);1H2/t21-;/m0./s1. The zero-order valence-electron chi connectivity index (χ0n) is 19.1. The van der Waals surface area contributed by atoms with Crippen molar-refractivity contribution in [3.05, 3.63) is 59.7 Å². The number of primary amides is 1. The summed E-state index contributed by atoms with van der Waals surface area (Å²) >= 11 is 0. The maximum atomic E-state index is 12.2. The Kier molecular flexibility index (Phi) is 9.07. The van der Waals surface area contributed by atoms with Crippen molar-refractivity contribution < 1.29 is 19.1 Å². The van der Waals surface area contributed by atoms with Crippen LogP contribution in [0.2, 0.25) is 0 Å². The van der Waals surface area contributed by atoms with Crippen molar-refractivity contribution in [3.63, 3.8) is 0 Å². The second kappa shape index (κ2) is 11.3. The summed E-state index contributed by atoms with van der Waals surface area (Å²) in [5.41, 5.74) is 15.0. The number of carbonyl (C=O) groups excluding carboxylic acids is 3. The van der Waals surface area contributed by atoms with E-state index >= 15 is 0 Å². The number of nitrogens with two attached hydrogens (primary N) is 2. The van der Waals surface area contributed by atoms with Gasteiger partial charge in [-0.25, -0.2) is 4.79 Å². The number of hydrogen-bond donors (Lipinski definition) is 3. The van der Waals surface area contributed by atoms with E-state index in [2.05, 4.69) is 29.6 Å². The second-order valence-corrected chi connectivity index (χ2v) is 8.89. The van der Waals surface area contributed by atoms with Crippen molar-refractivity contribution in [1.82, 2.24) is 5.32 Å². The molecule has 178 valence electrons. The highest BCUT2D eigenvalue weighted by molar-refractivity contribution is 7.59. The Balaban J connectivity index is 0.00000385. The lowest BCUT2D eigenvalue weighted by molar-refractivity contribution is -0.132. The molecule has 2 aromatic carbocycles. The van der Waals surface area contributed by atoms with Crippen LogP contribution in [0.4, 0.5) is 4.79 Å². The molecule has 0 aromatic heterocycles. The fourth-order valence-corrected chi connectivity index (χ4v) is 3.98. The highest BCUT2D eigenvalue weighted by Crippen LogP contribution is 2.44. The summed E-state index contributed by atoms with van der Waals surface area (Å²) in [7, 11) is 0. The second-order valence-electron chi connectivity index (χ2n) is 8.89. The minimum atomic E-state index is -0.922. The molecule has 0 fully saturated rings. The number of benzene rings is 2. The van der Waals surface area contributed by atoms with E-state index in [-0.39, 0.29) is 38.2 Å². The molecule has 2 amide bonds. The highest BCUT2D eigenvalue weighted by atomic mass is 32.1. The topological polar surface area (TPSA) is 125 Å². The van der Waals surface area contributed by atoms with E-state index in [1.807, 2.05) is 24.3 Å². The zero-order valence-corrected chi connectivity index (χ0v) is 20.1. The first-order valence-corrected chi connectivity index (χ1v) is 10.9. The molecule has 5 N–H and O–H groups in total. The van der Waals surface area contributed by atoms with Gasteiger partial charge in [0.05, 0.1) is 11.5 Å². The number of alkyl carbamates (subject to hydrolysis) is 1. The number of carbonyl (C=O) groups is 3. The molecule has 0 heterocycles. The predicted octanol–water partition coefficient (Wildman–Crippen LogP) is 3.22. The number of hydrogen-bond acceptors (Lipinski definition) is 5. The smallest absolute Gasteiger partial charge is 0.407 e. The molecule has 0 spiro atoms. The van der Waals surface area contributed by atoms with Crippen LogP contribution in [0.3, 0.4) is 0 Å². The third-order valence-electron chi connectivity index (χ3n) is 6.00. The zero-order chi connectivity index (χ0) is 23.3. The van der Waals surface area contributed by atoms with Crippen LogP contribution in [0, 0.1) is 5.41 Å². The van der Waals surface area contributed by atoms with Gasteiger partial charge in [-0.05, 0) is 35.1 Å². The van der Waals surface area contributed by atoms with Gasteiger partial charge in [0.2, 0.25) is 5.91 Å². The van der Waals surface area contributed by atoms with Gasteiger partial charge in [0.25, 0.3) is 0 Å². The molecule has 1 atom stereocenters. The minimum absolute atomic E-state index is 0. The van der Waals surface area contributed by atoms with Crippen molar-refractivity contribution in [2.24, 2.45) is 16.9 Å². The van der Waals surface area contributed by atoms with E-state index in [0.717, 1.165) is 11.1 Å². The van der Waals surface area contributed by atoms with Crippen LogP contribution in [0.1, 0.15) is 50.2 Å². The molecule has 1 aliphatic carbocycles. The Morgan fingerprint density at radius 2 is 1.58 bits per heavy atom. The summed E-state index contributed by atoms with van der Waals surface area (Å²) < 4.78 is 5.49. The third kappa shape index (κ3) is 6.36. The molecule has 1 aliphatic rings. The monoisotopic (exact) mass is 471 g/mol. The molecular weight excluding hydrogens is 438 g/mol. The number of Topliss-reactive ketones (excluding diaryl/α,β-unsaturated/α-hetero) is 1. The molecule has 0 aliphatic heterocycles. The lowest BCUT2D eigenvalue weighted by Crippen LogP contribution is -2.39. The quantitative estimate of drug-likeness (QED) is 0.459. The average Bonchev–Trinajstić information content (AvgIpc) is 3.08. The van der Waals surface area contributed by atoms with Crippen molar-refractivity contribution in [2.45, 2.75) is 45.1 Å². The Bertz CT molecular complexity index is 963. The van der Waals surface area contributed by atoms with Crippen LogP contribution in [-0.4, -0.2) is 37.0 Å². The molecule has 0 radical (unpaired) electrons. The SMILES string of the molecule is CC(C)(CC(=O)[C@@H](N)CCCNC(=O)OCC1c2ccccc2-c2ccccc21)C(N)=O.S. The normalized spacial score (nSPS) is 13.3. The first-order valence-electron chi connectivity index (χ1n) is 10.9. The van der Waals surface area contributed by atoms with Gasteiger partial charge in [0.15, 0.2) is 5.78 Å². The lowest BCUT2D eigenvalue weighted by atomic mass is 9.84. The predicted molar refractivity (Wildman–Crippen MR) is 133 cm³/mol. The van der Waals surface area contributed by atoms with Crippen molar-refractivity contribution in [2.75, 3.05) is 13.2 Å². The van der Waals surface area contributed by atoms with E-state index in [0.29, 0.717) is 19.4 Å². The number of fused-ring (bicyclic) bond motifs is 3. The maximum absolute atomic E-state index is 12.2. The molecule has 7 nitrogen and oxygen atoms in total. The lowest BCUT2D eigenvalue weighted by Gasteiger charge is -2.21. The summed E-state index contributed by atoms with van der Waals surface area (Å²) in [6.45, 7) is 3.84. The molecule has 0 bridgehead atoms. The van der Waals surface area contributed by atoms with Crippen LogP contribution in [0.15, 0.2) is 48.5 Å². The Labute approximate surface area is 201 Å². The molecule has 0 saturated heterocycles. The Morgan fingerprint density at radius 3 is 2.12 bits per heavy atom. The summed E-state index contributed by atoms with van der Waals surface area (Å²) in [6, 6.07) is 15.6. The van der Waals surface area contributed by atoms with Crippen LogP contribution in [-0.2, 0) is 14.3 Å². The first kappa shape index (κ1) is 26.4. The number of rotatable bonds is 10. The van der Waals surface area contributed by atoms with E-state index in [1.165, 1.54) is 11.1 Å². The molecule has 0 saturated carbocycles. The first-order chi connectivity index (χ1) is 15.2. The van der Waals surface area contributed by atoms with Crippen LogP contribution in [0.25, 0.3) is 11.1 Å². The van der Waals surface area contributed by atoms with Gasteiger partial charge in [-0.2, -0.15) is 13.5 Å². The number of ketones is 1. The van der Waals surface area contributed by atoms with E-state index in [4.69, 9.17) is 16.2 Å². The molecule has 0 unspecified atom stereocenters. The molecule has 8 heteroatoms. The highest BCUT2D eigenvalue weighted by Gasteiger charge is 2.30. The molecule has 33 heavy (non-hydrogen) atoms. The maximum Gasteiger partial charge on any atom is 0.407 e. The summed E-state index contributed by atoms with van der Waals surface area (Å²) in [5.74, 6) is -0.738. The van der Waals surface area contributed by atoms with Crippen LogP contribution >= 0.6 is 13.5 Å². The van der Waals surface area contributed by atoms with Gasteiger partial charge in [0.1, 0.15) is 6.61 Å². The van der Waals surface area contributed by atoms with Crippen molar-refractivity contribution >= 4 is 31.3 Å². The fourth-order valence-electron chi connectivity index (χ4n) is 3.98.